The van der Waals surface area contributed by atoms with Crippen LogP contribution in [0.1, 0.15) is 34.2 Å². The molecule has 170 valence electrons. The van der Waals surface area contributed by atoms with Crippen molar-refractivity contribution in [2.24, 2.45) is 0 Å². The quantitative estimate of drug-likeness (QED) is 0.359. The summed E-state index contributed by atoms with van der Waals surface area (Å²) in [6.07, 6.45) is 0.318. The van der Waals surface area contributed by atoms with Crippen LogP contribution in [0.15, 0.2) is 78.9 Å². The number of aromatic nitrogens is 2. The monoisotopic (exact) mass is 453 g/mol. The second-order valence-electron chi connectivity index (χ2n) is 8.21. The van der Waals surface area contributed by atoms with Crippen LogP contribution >= 0.6 is 0 Å². The van der Waals surface area contributed by atoms with Crippen molar-refractivity contribution in [3.05, 3.63) is 95.8 Å². The standard InChI is InChI=1S/C26H23N5O3/c32-23(15-22-26(34)30-18-11-5-4-10-17(18)25(33)31-22)27-21(14-16-8-2-1-3-9-16)24-28-19-12-6-7-13-20(19)29-24/h1-13,21-22H,14-15H2,(H,27,32)(H,28,29)(H,30,34)(H,31,33)/t21?,22-/m0/s1. The van der Waals surface area contributed by atoms with Crippen LogP contribution in [0.2, 0.25) is 0 Å². The molecule has 4 aromatic rings. The zero-order valence-electron chi connectivity index (χ0n) is 18.2. The van der Waals surface area contributed by atoms with Crippen molar-refractivity contribution >= 4 is 34.4 Å². The highest BCUT2D eigenvalue weighted by atomic mass is 16.2. The van der Waals surface area contributed by atoms with E-state index in [-0.39, 0.29) is 12.3 Å². The molecule has 0 fully saturated rings. The van der Waals surface area contributed by atoms with Crippen molar-refractivity contribution in [3.63, 3.8) is 0 Å². The molecule has 0 saturated heterocycles. The van der Waals surface area contributed by atoms with Gasteiger partial charge in [0, 0.05) is 0 Å². The number of H-pyrrole nitrogens is 1. The molecular weight excluding hydrogens is 430 g/mol. The minimum absolute atomic E-state index is 0.197. The first-order valence-corrected chi connectivity index (χ1v) is 11.1. The largest absolute Gasteiger partial charge is 0.346 e. The van der Waals surface area contributed by atoms with Crippen LogP contribution in [0.4, 0.5) is 5.69 Å². The van der Waals surface area contributed by atoms with Crippen LogP contribution in [0.3, 0.4) is 0 Å². The van der Waals surface area contributed by atoms with Gasteiger partial charge in [-0.05, 0) is 36.2 Å². The Balaban J connectivity index is 1.35. The molecule has 0 aliphatic carbocycles. The zero-order valence-corrected chi connectivity index (χ0v) is 18.2. The Labute approximate surface area is 195 Å². The van der Waals surface area contributed by atoms with E-state index in [1.54, 1.807) is 24.3 Å². The van der Waals surface area contributed by atoms with Gasteiger partial charge in [-0.15, -0.1) is 0 Å². The maximum Gasteiger partial charge on any atom is 0.254 e. The van der Waals surface area contributed by atoms with Crippen molar-refractivity contribution in [2.45, 2.75) is 24.9 Å². The first-order valence-electron chi connectivity index (χ1n) is 11.1. The van der Waals surface area contributed by atoms with Crippen LogP contribution in [0.5, 0.6) is 0 Å². The molecule has 5 rings (SSSR count). The summed E-state index contributed by atoms with van der Waals surface area (Å²) in [4.78, 5) is 46.3. The number of rotatable bonds is 6. The molecule has 2 atom stereocenters. The predicted octanol–water partition coefficient (Wildman–Crippen LogP) is 3.10. The Hall–Kier alpha value is -4.46. The van der Waals surface area contributed by atoms with Gasteiger partial charge in [-0.3, -0.25) is 14.4 Å². The zero-order chi connectivity index (χ0) is 23.5. The highest BCUT2D eigenvalue weighted by molar-refractivity contribution is 6.10. The summed E-state index contributed by atoms with van der Waals surface area (Å²) in [5.74, 6) is -0.574. The van der Waals surface area contributed by atoms with Crippen molar-refractivity contribution in [1.29, 1.82) is 0 Å². The molecule has 3 amide bonds. The van der Waals surface area contributed by atoms with Crippen molar-refractivity contribution in [2.75, 3.05) is 5.32 Å². The van der Waals surface area contributed by atoms with Gasteiger partial charge in [0.25, 0.3) is 5.91 Å². The number of anilines is 1. The molecule has 1 aromatic heterocycles. The summed E-state index contributed by atoms with van der Waals surface area (Å²) < 4.78 is 0. The Bertz CT molecular complexity index is 1330. The molecule has 1 unspecified atom stereocenters. The maximum absolute atomic E-state index is 13.1. The van der Waals surface area contributed by atoms with Crippen LogP contribution in [-0.4, -0.2) is 33.7 Å². The number of para-hydroxylation sites is 3. The van der Waals surface area contributed by atoms with Gasteiger partial charge in [-0.25, -0.2) is 4.98 Å². The van der Waals surface area contributed by atoms with Gasteiger partial charge in [0.05, 0.1) is 34.7 Å². The molecule has 8 heteroatoms. The molecule has 8 nitrogen and oxygen atoms in total. The summed E-state index contributed by atoms with van der Waals surface area (Å²) in [5.41, 5.74) is 3.50. The van der Waals surface area contributed by atoms with E-state index in [1.165, 1.54) is 0 Å². The Morgan fingerprint density at radius 3 is 2.50 bits per heavy atom. The molecule has 1 aliphatic heterocycles. The average molecular weight is 454 g/mol. The van der Waals surface area contributed by atoms with E-state index in [0.717, 1.165) is 16.6 Å². The molecule has 0 bridgehead atoms. The van der Waals surface area contributed by atoms with E-state index in [0.29, 0.717) is 23.5 Å². The summed E-state index contributed by atoms with van der Waals surface area (Å²) in [5, 5.41) is 8.40. The third-order valence-electron chi connectivity index (χ3n) is 5.80. The summed E-state index contributed by atoms with van der Waals surface area (Å²) >= 11 is 0. The van der Waals surface area contributed by atoms with Gasteiger partial charge in [0.2, 0.25) is 11.8 Å². The van der Waals surface area contributed by atoms with E-state index in [1.807, 2.05) is 54.6 Å². The lowest BCUT2D eigenvalue weighted by atomic mass is 10.0. The van der Waals surface area contributed by atoms with Crippen LogP contribution in [0.25, 0.3) is 11.0 Å². The number of nitrogens with zero attached hydrogens (tertiary/aromatic N) is 1. The minimum Gasteiger partial charge on any atom is -0.346 e. The lowest BCUT2D eigenvalue weighted by Crippen LogP contribution is -2.45. The average Bonchev–Trinajstić information content (AvgIpc) is 3.24. The number of imidazole rings is 1. The second-order valence-corrected chi connectivity index (χ2v) is 8.21. The van der Waals surface area contributed by atoms with Gasteiger partial charge in [-0.2, -0.15) is 0 Å². The summed E-state index contributed by atoms with van der Waals surface area (Å²) in [7, 11) is 0. The van der Waals surface area contributed by atoms with Crippen molar-refractivity contribution in [3.8, 4) is 0 Å². The number of carbonyl (C=O) groups is 3. The first kappa shape index (κ1) is 21.4. The number of benzene rings is 3. The van der Waals surface area contributed by atoms with Gasteiger partial charge in [0.15, 0.2) is 0 Å². The van der Waals surface area contributed by atoms with E-state index in [9.17, 15) is 14.4 Å². The minimum atomic E-state index is -0.993. The summed E-state index contributed by atoms with van der Waals surface area (Å²) in [6, 6.07) is 22.7. The number of nitrogens with one attached hydrogen (secondary N) is 4. The van der Waals surface area contributed by atoms with E-state index >= 15 is 0 Å². The van der Waals surface area contributed by atoms with Gasteiger partial charge >= 0.3 is 0 Å². The fraction of sp³-hybridized carbons (Fsp3) is 0.154. The second kappa shape index (κ2) is 9.19. The number of amides is 3. The smallest absolute Gasteiger partial charge is 0.254 e. The number of fused-ring (bicyclic) bond motifs is 2. The fourth-order valence-electron chi connectivity index (χ4n) is 4.10. The Kier molecular flexibility index (Phi) is 5.78. The first-order chi connectivity index (χ1) is 16.6. The molecule has 0 spiro atoms. The van der Waals surface area contributed by atoms with E-state index in [4.69, 9.17) is 0 Å². The molecule has 34 heavy (non-hydrogen) atoms. The third kappa shape index (κ3) is 4.52. The van der Waals surface area contributed by atoms with Crippen LogP contribution < -0.4 is 16.0 Å². The number of carbonyl (C=O) groups excluding carboxylic acids is 3. The van der Waals surface area contributed by atoms with Crippen LogP contribution in [0, 0.1) is 0 Å². The molecule has 1 aliphatic rings. The third-order valence-corrected chi connectivity index (χ3v) is 5.80. The number of hydrogen-bond acceptors (Lipinski definition) is 4. The highest BCUT2D eigenvalue weighted by Crippen LogP contribution is 2.21. The fourth-order valence-corrected chi connectivity index (χ4v) is 4.10. The maximum atomic E-state index is 13.1. The molecular formula is C26H23N5O3. The van der Waals surface area contributed by atoms with Gasteiger partial charge < -0.3 is 20.9 Å². The Morgan fingerprint density at radius 1 is 0.941 bits per heavy atom. The van der Waals surface area contributed by atoms with Crippen LogP contribution in [-0.2, 0) is 16.0 Å². The summed E-state index contributed by atoms with van der Waals surface area (Å²) in [6.45, 7) is 0. The molecule has 0 saturated carbocycles. The molecule has 0 radical (unpaired) electrons. The number of hydrogen-bond donors (Lipinski definition) is 4. The topological polar surface area (TPSA) is 116 Å². The lowest BCUT2D eigenvalue weighted by Gasteiger charge is -2.19. The lowest BCUT2D eigenvalue weighted by molar-refractivity contribution is -0.126. The molecule has 2 heterocycles. The highest BCUT2D eigenvalue weighted by Gasteiger charge is 2.30. The van der Waals surface area contributed by atoms with Gasteiger partial charge in [0.1, 0.15) is 11.9 Å². The molecule has 3 aromatic carbocycles. The normalized spacial score (nSPS) is 16.2. The number of aromatic amines is 1. The van der Waals surface area contributed by atoms with Gasteiger partial charge in [-0.1, -0.05) is 54.6 Å². The predicted molar refractivity (Wildman–Crippen MR) is 128 cm³/mol. The Morgan fingerprint density at radius 2 is 1.68 bits per heavy atom. The SMILES string of the molecule is O=C(C[C@@H]1NC(=O)c2ccccc2NC1=O)NC(Cc1ccccc1)c1nc2ccccc2[nH]1. The van der Waals surface area contributed by atoms with E-state index < -0.39 is 23.9 Å². The van der Waals surface area contributed by atoms with E-state index in [2.05, 4.69) is 25.9 Å². The van der Waals surface area contributed by atoms with Crippen molar-refractivity contribution < 1.29 is 14.4 Å². The van der Waals surface area contributed by atoms with Crippen molar-refractivity contribution in [1.82, 2.24) is 20.6 Å². The molecule has 4 N–H and O–H groups in total.